The molecule has 0 spiro atoms. The molecule has 3 aromatic heterocycles. The Hall–Kier alpha value is -4.00. The average Bonchev–Trinajstić information content (AvgIpc) is 3.47. The number of phenols is 1. The summed E-state index contributed by atoms with van der Waals surface area (Å²) in [6, 6.07) is 11.6. The number of fused-ring (bicyclic) bond motifs is 1. The molecule has 190 valence electrons. The average molecular weight is 543 g/mol. The number of rotatable bonds is 9. The lowest BCUT2D eigenvalue weighted by atomic mass is 10.1. The lowest BCUT2D eigenvalue weighted by Gasteiger charge is -2.09. The molecule has 0 aliphatic heterocycles. The minimum Gasteiger partial charge on any atom is -0.505 e. The number of aromatic hydroxyl groups is 1. The van der Waals surface area contributed by atoms with E-state index in [4.69, 9.17) is 16.0 Å². The lowest BCUT2D eigenvalue weighted by molar-refractivity contribution is 0.432. The second-order valence-corrected chi connectivity index (χ2v) is 10.1. The molecule has 0 fully saturated rings. The fourth-order valence-electron chi connectivity index (χ4n) is 3.66. The van der Waals surface area contributed by atoms with Crippen molar-refractivity contribution in [3.63, 3.8) is 0 Å². The van der Waals surface area contributed by atoms with Crippen LogP contribution in [0.3, 0.4) is 0 Å². The molecule has 0 saturated heterocycles. The van der Waals surface area contributed by atoms with Crippen molar-refractivity contribution in [1.82, 2.24) is 24.1 Å². The van der Waals surface area contributed by atoms with E-state index in [0.29, 0.717) is 52.4 Å². The Kier molecular flexibility index (Phi) is 6.78. The van der Waals surface area contributed by atoms with Crippen LogP contribution in [0.5, 0.6) is 5.75 Å². The van der Waals surface area contributed by atoms with Gasteiger partial charge in [-0.05, 0) is 55.0 Å². The molecular weight excluding hydrogens is 523 g/mol. The predicted molar refractivity (Wildman–Crippen MR) is 135 cm³/mol. The summed E-state index contributed by atoms with van der Waals surface area (Å²) < 4.78 is 48.0. The van der Waals surface area contributed by atoms with Crippen molar-refractivity contribution in [3.05, 3.63) is 78.0 Å². The summed E-state index contributed by atoms with van der Waals surface area (Å²) in [7, 11) is -3.64. The number of benzene rings is 2. The molecule has 0 amide bonds. The van der Waals surface area contributed by atoms with E-state index in [1.54, 1.807) is 22.9 Å². The first-order valence-corrected chi connectivity index (χ1v) is 12.9. The van der Waals surface area contributed by atoms with Gasteiger partial charge in [0.1, 0.15) is 17.7 Å². The van der Waals surface area contributed by atoms with Gasteiger partial charge in [-0.15, -0.1) is 0 Å². The second kappa shape index (κ2) is 10.2. The smallest absolute Gasteiger partial charge is 0.306 e. The van der Waals surface area contributed by atoms with Gasteiger partial charge in [-0.2, -0.15) is 4.98 Å². The molecule has 5 aromatic rings. The van der Waals surface area contributed by atoms with Gasteiger partial charge in [-0.3, -0.25) is 4.40 Å². The van der Waals surface area contributed by atoms with E-state index in [1.165, 1.54) is 42.7 Å². The molecule has 10 nitrogen and oxygen atoms in total. The summed E-state index contributed by atoms with van der Waals surface area (Å²) >= 11 is 5.82. The minimum atomic E-state index is -3.64. The highest BCUT2D eigenvalue weighted by atomic mass is 35.5. The normalized spacial score (nSPS) is 11.7. The maximum absolute atomic E-state index is 13.6. The highest BCUT2D eigenvalue weighted by molar-refractivity contribution is 7.89. The van der Waals surface area contributed by atoms with Crippen LogP contribution in [0.25, 0.3) is 28.5 Å². The van der Waals surface area contributed by atoms with Crippen molar-refractivity contribution in [2.45, 2.75) is 11.3 Å². The Morgan fingerprint density at radius 3 is 2.68 bits per heavy atom. The number of halogens is 2. The highest BCUT2D eigenvalue weighted by Gasteiger charge is 2.20. The number of nitrogens with one attached hydrogen (secondary N) is 2. The minimum absolute atomic E-state index is 0.137. The second-order valence-electron chi connectivity index (χ2n) is 7.93. The van der Waals surface area contributed by atoms with Gasteiger partial charge < -0.3 is 14.8 Å². The van der Waals surface area contributed by atoms with E-state index in [1.807, 2.05) is 0 Å². The summed E-state index contributed by atoms with van der Waals surface area (Å²) in [6.45, 7) is 0.604. The fourth-order valence-corrected chi connectivity index (χ4v) is 4.86. The monoisotopic (exact) mass is 542 g/mol. The molecule has 0 aliphatic carbocycles. The number of imidazole rings is 1. The summed E-state index contributed by atoms with van der Waals surface area (Å²) in [5.41, 5.74) is 1.99. The molecule has 5 rings (SSSR count). The third-order valence-electron chi connectivity index (χ3n) is 5.43. The number of anilines is 1. The van der Waals surface area contributed by atoms with E-state index < -0.39 is 21.6 Å². The zero-order chi connectivity index (χ0) is 26.0. The van der Waals surface area contributed by atoms with Crippen LogP contribution in [0, 0.1) is 5.82 Å². The van der Waals surface area contributed by atoms with Crippen LogP contribution >= 0.6 is 11.6 Å². The number of aromatic nitrogens is 4. The van der Waals surface area contributed by atoms with Crippen LogP contribution in [0.4, 0.5) is 10.3 Å². The zero-order valence-electron chi connectivity index (χ0n) is 19.1. The third kappa shape index (κ3) is 5.26. The van der Waals surface area contributed by atoms with Crippen molar-refractivity contribution in [1.29, 1.82) is 0 Å². The fraction of sp³-hybridized carbons (Fsp3) is 0.125. The van der Waals surface area contributed by atoms with E-state index >= 15 is 0 Å². The highest BCUT2D eigenvalue weighted by Crippen LogP contribution is 2.34. The van der Waals surface area contributed by atoms with Gasteiger partial charge in [-0.1, -0.05) is 11.6 Å². The first-order chi connectivity index (χ1) is 17.8. The summed E-state index contributed by atoms with van der Waals surface area (Å²) in [4.78, 5) is 13.4. The quantitative estimate of drug-likeness (QED) is 0.234. The molecule has 0 aliphatic rings. The van der Waals surface area contributed by atoms with E-state index in [0.717, 1.165) is 6.07 Å². The first-order valence-electron chi connectivity index (χ1n) is 11.1. The van der Waals surface area contributed by atoms with Gasteiger partial charge >= 0.3 is 5.84 Å². The molecule has 0 unspecified atom stereocenters. The molecule has 3 N–H and O–H groups in total. The third-order valence-corrected chi connectivity index (χ3v) is 7.16. The van der Waals surface area contributed by atoms with Crippen molar-refractivity contribution >= 4 is 33.4 Å². The van der Waals surface area contributed by atoms with Gasteiger partial charge in [0.2, 0.25) is 16.0 Å². The molecule has 37 heavy (non-hydrogen) atoms. The summed E-state index contributed by atoms with van der Waals surface area (Å²) in [6.07, 6.45) is 5.19. The molecule has 2 aromatic carbocycles. The van der Waals surface area contributed by atoms with E-state index in [-0.39, 0.29) is 11.4 Å². The number of hydrogen-bond donors (Lipinski definition) is 3. The first kappa shape index (κ1) is 24.7. The Labute approximate surface area is 215 Å². The molecule has 0 atom stereocenters. The van der Waals surface area contributed by atoms with Crippen LogP contribution in [0.2, 0.25) is 5.02 Å². The Morgan fingerprint density at radius 2 is 1.89 bits per heavy atom. The van der Waals surface area contributed by atoms with Crippen LogP contribution in [0.1, 0.15) is 6.42 Å². The molecule has 0 saturated carbocycles. The van der Waals surface area contributed by atoms with Crippen LogP contribution in [0.15, 0.2) is 76.5 Å². The molecule has 0 radical (unpaired) electrons. The maximum Gasteiger partial charge on any atom is 0.306 e. The summed E-state index contributed by atoms with van der Waals surface area (Å²) in [5, 5.41) is 13.4. The van der Waals surface area contributed by atoms with Gasteiger partial charge in [0.25, 0.3) is 0 Å². The Balaban J connectivity index is 1.29. The largest absolute Gasteiger partial charge is 0.505 e. The summed E-state index contributed by atoms with van der Waals surface area (Å²) in [5.74, 6) is -0.610. The van der Waals surface area contributed by atoms with Gasteiger partial charge in [0.15, 0.2) is 11.6 Å². The van der Waals surface area contributed by atoms with Gasteiger partial charge in [0.05, 0.1) is 10.6 Å². The van der Waals surface area contributed by atoms with Crippen LogP contribution in [-0.4, -0.2) is 46.0 Å². The molecule has 3 heterocycles. The predicted octanol–water partition coefficient (Wildman–Crippen LogP) is 4.33. The Morgan fingerprint density at radius 1 is 1.08 bits per heavy atom. The van der Waals surface area contributed by atoms with Crippen molar-refractivity contribution in [3.8, 4) is 28.4 Å². The Bertz CT molecular complexity index is 1670. The topological polar surface area (TPSA) is 135 Å². The van der Waals surface area contributed by atoms with E-state index in [9.17, 15) is 17.9 Å². The van der Waals surface area contributed by atoms with Crippen LogP contribution in [-0.2, 0) is 10.0 Å². The molecular formula is C24H20ClFN6O4S. The lowest BCUT2D eigenvalue weighted by Crippen LogP contribution is -2.26. The standard InChI is InChI=1S/C24H20ClFN6O4S/c25-16-3-5-17(6-4-16)37(34,35)29-10-1-9-27-23-28-11-8-19(30-23)22-21(31-24-32(22)12-13-36-24)15-2-7-18(26)20(33)14-15/h2-8,11-14,29,33H,1,9-10H2,(H,27,28,30). The van der Waals surface area contributed by atoms with Crippen molar-refractivity contribution in [2.24, 2.45) is 0 Å². The number of oxazole rings is 1. The number of hydrogen-bond acceptors (Lipinski definition) is 8. The maximum atomic E-state index is 13.6. The van der Waals surface area contributed by atoms with Crippen LogP contribution < -0.4 is 10.0 Å². The van der Waals surface area contributed by atoms with Crippen molar-refractivity contribution < 1.29 is 22.3 Å². The van der Waals surface area contributed by atoms with E-state index in [2.05, 4.69) is 25.0 Å². The molecule has 0 bridgehead atoms. The molecule has 13 heteroatoms. The number of nitrogens with zero attached hydrogens (tertiary/aromatic N) is 4. The van der Waals surface area contributed by atoms with Gasteiger partial charge in [-0.25, -0.2) is 27.5 Å². The number of sulfonamides is 1. The zero-order valence-corrected chi connectivity index (χ0v) is 20.7. The number of phenolic OH excluding ortho intramolecular Hbond substituents is 1. The SMILES string of the molecule is O=S(=O)(NCCCNc1nccc(-c2c(-c3ccc(F)c(O)c3)nc3occn23)n1)c1ccc(Cl)cc1. The van der Waals surface area contributed by atoms with Gasteiger partial charge in [0, 0.05) is 36.1 Å². The van der Waals surface area contributed by atoms with Crippen molar-refractivity contribution in [2.75, 3.05) is 18.4 Å².